The number of ether oxygens (including phenoxy) is 2. The summed E-state index contributed by atoms with van der Waals surface area (Å²) in [7, 11) is 0. The summed E-state index contributed by atoms with van der Waals surface area (Å²) >= 11 is 0. The molecule has 0 aromatic heterocycles. The van der Waals surface area contributed by atoms with Crippen LogP contribution in [0.25, 0.3) is 0 Å². The lowest BCUT2D eigenvalue weighted by Gasteiger charge is -2.10. The monoisotopic (exact) mass is 418 g/mol. The van der Waals surface area contributed by atoms with Gasteiger partial charge in [0.2, 0.25) is 0 Å². The molecular formula is C28H50O2. The van der Waals surface area contributed by atoms with Crippen molar-refractivity contribution in [1.29, 1.82) is 0 Å². The minimum absolute atomic E-state index is 0.817. The molecule has 2 nitrogen and oxygen atoms in total. The van der Waals surface area contributed by atoms with Gasteiger partial charge in [-0.15, -0.1) is 0 Å². The van der Waals surface area contributed by atoms with Crippen molar-refractivity contribution in [2.24, 2.45) is 0 Å². The van der Waals surface area contributed by atoms with Crippen molar-refractivity contribution in [2.45, 2.75) is 129 Å². The first-order valence-corrected chi connectivity index (χ1v) is 13.2. The number of hydrogen-bond acceptors (Lipinski definition) is 2. The van der Waals surface area contributed by atoms with Crippen molar-refractivity contribution >= 4 is 0 Å². The van der Waals surface area contributed by atoms with E-state index in [4.69, 9.17) is 9.47 Å². The third-order valence-corrected chi connectivity index (χ3v) is 5.84. The molecule has 0 spiro atoms. The second kappa shape index (κ2) is 21.1. The molecule has 1 aromatic carbocycles. The van der Waals surface area contributed by atoms with Crippen LogP contribution in [0.4, 0.5) is 0 Å². The molecule has 30 heavy (non-hydrogen) atoms. The molecule has 0 radical (unpaired) electrons. The highest BCUT2D eigenvalue weighted by Crippen LogP contribution is 2.20. The average molecular weight is 419 g/mol. The van der Waals surface area contributed by atoms with Gasteiger partial charge in [0.25, 0.3) is 0 Å². The fourth-order valence-electron chi connectivity index (χ4n) is 3.86. The van der Waals surface area contributed by atoms with Crippen LogP contribution in [0.2, 0.25) is 0 Å². The summed E-state index contributed by atoms with van der Waals surface area (Å²) in [6.45, 7) is 6.19. The van der Waals surface area contributed by atoms with Crippen molar-refractivity contribution in [1.82, 2.24) is 0 Å². The van der Waals surface area contributed by atoms with E-state index >= 15 is 0 Å². The van der Waals surface area contributed by atoms with Crippen LogP contribution in [0.5, 0.6) is 11.5 Å². The number of hydrogen-bond donors (Lipinski definition) is 0. The Morgan fingerprint density at radius 2 is 0.800 bits per heavy atom. The molecule has 174 valence electrons. The van der Waals surface area contributed by atoms with E-state index in [-0.39, 0.29) is 0 Å². The molecule has 0 aliphatic carbocycles. The van der Waals surface area contributed by atoms with Gasteiger partial charge in [-0.3, -0.25) is 0 Å². The third-order valence-electron chi connectivity index (χ3n) is 5.84. The maximum atomic E-state index is 5.93. The second-order valence-corrected chi connectivity index (χ2v) is 8.83. The van der Waals surface area contributed by atoms with Crippen LogP contribution in [0.1, 0.15) is 129 Å². The van der Waals surface area contributed by atoms with Gasteiger partial charge in [0.15, 0.2) is 0 Å². The van der Waals surface area contributed by atoms with Gasteiger partial charge in [-0.2, -0.15) is 0 Å². The summed E-state index contributed by atoms with van der Waals surface area (Å²) in [4.78, 5) is 0. The van der Waals surface area contributed by atoms with E-state index in [1.54, 1.807) is 0 Å². The first-order valence-electron chi connectivity index (χ1n) is 13.2. The number of benzene rings is 1. The van der Waals surface area contributed by atoms with E-state index in [0.29, 0.717) is 0 Å². The van der Waals surface area contributed by atoms with Crippen LogP contribution in [-0.4, -0.2) is 13.2 Å². The average Bonchev–Trinajstić information content (AvgIpc) is 2.76. The first kappa shape index (κ1) is 26.9. The Morgan fingerprint density at radius 1 is 0.467 bits per heavy atom. The van der Waals surface area contributed by atoms with Crippen LogP contribution in [0.15, 0.2) is 24.3 Å². The van der Waals surface area contributed by atoms with Gasteiger partial charge >= 0.3 is 0 Å². The first-order chi connectivity index (χ1) is 14.9. The van der Waals surface area contributed by atoms with E-state index in [2.05, 4.69) is 13.8 Å². The topological polar surface area (TPSA) is 18.5 Å². The van der Waals surface area contributed by atoms with Gasteiger partial charge in [0.05, 0.1) is 13.2 Å². The molecule has 0 heterocycles. The summed E-state index contributed by atoms with van der Waals surface area (Å²) < 4.78 is 11.9. The highest BCUT2D eigenvalue weighted by atomic mass is 16.5. The van der Waals surface area contributed by atoms with E-state index in [9.17, 15) is 0 Å². The molecule has 1 rings (SSSR count). The van der Waals surface area contributed by atoms with Gasteiger partial charge in [-0.25, -0.2) is 0 Å². The SMILES string of the molecule is CCCCCCCCCCCOc1cccc(OCCCCCCCCCCC)c1. The van der Waals surface area contributed by atoms with Crippen molar-refractivity contribution < 1.29 is 9.47 Å². The largest absolute Gasteiger partial charge is 0.493 e. The Morgan fingerprint density at radius 3 is 1.17 bits per heavy atom. The Bertz CT molecular complexity index is 432. The molecular weight excluding hydrogens is 368 g/mol. The Hall–Kier alpha value is -1.18. The van der Waals surface area contributed by atoms with E-state index < -0.39 is 0 Å². The van der Waals surface area contributed by atoms with Crippen LogP contribution >= 0.6 is 0 Å². The van der Waals surface area contributed by atoms with Crippen LogP contribution in [0, 0.1) is 0 Å². The fourth-order valence-corrected chi connectivity index (χ4v) is 3.86. The molecule has 0 atom stereocenters. The zero-order chi connectivity index (χ0) is 21.5. The lowest BCUT2D eigenvalue weighted by molar-refractivity contribution is 0.289. The van der Waals surface area contributed by atoms with Gasteiger partial charge in [0, 0.05) is 6.07 Å². The Labute approximate surface area is 188 Å². The molecule has 0 fully saturated rings. The molecule has 0 aliphatic heterocycles. The zero-order valence-corrected chi connectivity index (χ0v) is 20.3. The smallest absolute Gasteiger partial charge is 0.122 e. The summed E-state index contributed by atoms with van der Waals surface area (Å²) in [5, 5.41) is 0. The Kier molecular flexibility index (Phi) is 18.9. The molecule has 0 saturated heterocycles. The summed E-state index contributed by atoms with van der Waals surface area (Å²) in [5.41, 5.74) is 0. The molecule has 0 saturated carbocycles. The minimum Gasteiger partial charge on any atom is -0.493 e. The molecule has 0 N–H and O–H groups in total. The van der Waals surface area contributed by atoms with Gasteiger partial charge in [-0.1, -0.05) is 123 Å². The van der Waals surface area contributed by atoms with Crippen molar-refractivity contribution in [2.75, 3.05) is 13.2 Å². The molecule has 0 amide bonds. The van der Waals surface area contributed by atoms with Crippen molar-refractivity contribution in [3.63, 3.8) is 0 Å². The quantitative estimate of drug-likeness (QED) is 0.174. The van der Waals surface area contributed by atoms with Gasteiger partial charge < -0.3 is 9.47 Å². The highest BCUT2D eigenvalue weighted by molar-refractivity contribution is 5.32. The normalized spacial score (nSPS) is 11.0. The maximum absolute atomic E-state index is 5.93. The van der Waals surface area contributed by atoms with Gasteiger partial charge in [-0.05, 0) is 25.0 Å². The van der Waals surface area contributed by atoms with Crippen molar-refractivity contribution in [3.8, 4) is 11.5 Å². The predicted molar refractivity (Wildman–Crippen MR) is 132 cm³/mol. The summed E-state index contributed by atoms with van der Waals surface area (Å²) in [6.07, 6.45) is 24.2. The fraction of sp³-hybridized carbons (Fsp3) is 0.786. The van der Waals surface area contributed by atoms with E-state index in [1.807, 2.05) is 24.3 Å². The van der Waals surface area contributed by atoms with Crippen molar-refractivity contribution in [3.05, 3.63) is 24.3 Å². The number of unbranched alkanes of at least 4 members (excludes halogenated alkanes) is 16. The van der Waals surface area contributed by atoms with Crippen LogP contribution < -0.4 is 9.47 Å². The predicted octanol–water partition coefficient (Wildman–Crippen LogP) is 9.51. The third kappa shape index (κ3) is 16.6. The summed E-state index contributed by atoms with van der Waals surface area (Å²) in [6, 6.07) is 8.16. The molecule has 0 unspecified atom stereocenters. The lowest BCUT2D eigenvalue weighted by atomic mass is 10.1. The molecule has 0 bridgehead atoms. The summed E-state index contributed by atoms with van der Waals surface area (Å²) in [5.74, 6) is 1.89. The minimum atomic E-state index is 0.817. The number of rotatable bonds is 22. The molecule has 0 aliphatic rings. The van der Waals surface area contributed by atoms with Gasteiger partial charge in [0.1, 0.15) is 11.5 Å². The standard InChI is InChI=1S/C28H50O2/c1-3-5-7-9-11-13-15-17-19-24-29-27-22-21-23-28(26-27)30-25-20-18-16-14-12-10-8-6-4-2/h21-23,26H,3-20,24-25H2,1-2H3. The lowest BCUT2D eigenvalue weighted by Crippen LogP contribution is -2.00. The zero-order valence-electron chi connectivity index (χ0n) is 20.3. The second-order valence-electron chi connectivity index (χ2n) is 8.83. The van der Waals surface area contributed by atoms with Crippen LogP contribution in [0.3, 0.4) is 0 Å². The Balaban J connectivity index is 1.97. The molecule has 1 aromatic rings. The highest BCUT2D eigenvalue weighted by Gasteiger charge is 1.99. The maximum Gasteiger partial charge on any atom is 0.122 e. The van der Waals surface area contributed by atoms with E-state index in [1.165, 1.54) is 103 Å². The molecule has 2 heteroatoms. The van der Waals surface area contributed by atoms with E-state index in [0.717, 1.165) is 37.6 Å². The van der Waals surface area contributed by atoms with Crippen LogP contribution in [-0.2, 0) is 0 Å².